The van der Waals surface area contributed by atoms with Gasteiger partial charge in [0.15, 0.2) is 6.10 Å². The SMILES string of the molecule is CCCCC/C=C/C/C=C/C/C=C/C/C=C/CCCCCCCC(=O)OC(COCCC(C(=O)[O-])[N+](C)(C)C)COC(=O)CCCCCCCCCCCCCCCCCCCCCCCC. The van der Waals surface area contributed by atoms with Crippen molar-refractivity contribution in [3.63, 3.8) is 0 Å². The Bertz CT molecular complexity index is 1230. The molecule has 0 spiro atoms. The highest BCUT2D eigenvalue weighted by Gasteiger charge is 2.25. The van der Waals surface area contributed by atoms with Crippen molar-refractivity contribution >= 4 is 17.9 Å². The molecule has 67 heavy (non-hydrogen) atoms. The molecule has 2 unspecified atom stereocenters. The van der Waals surface area contributed by atoms with Crippen molar-refractivity contribution in [1.29, 1.82) is 0 Å². The number of esters is 2. The second kappa shape index (κ2) is 49.7. The molecule has 2 atom stereocenters. The number of allylic oxidation sites excluding steroid dienone is 8. The maximum atomic E-state index is 12.8. The summed E-state index contributed by atoms with van der Waals surface area (Å²) in [5.74, 6) is -1.74. The van der Waals surface area contributed by atoms with E-state index in [0.717, 1.165) is 77.0 Å². The number of unbranched alkanes of at least 4 members (excludes halogenated alkanes) is 29. The Kier molecular flexibility index (Phi) is 47.7. The Hall–Kier alpha value is -2.71. The van der Waals surface area contributed by atoms with Crippen molar-refractivity contribution in [3.8, 4) is 0 Å². The summed E-state index contributed by atoms with van der Waals surface area (Å²) in [5.41, 5.74) is 0. The first-order valence-electron chi connectivity index (χ1n) is 28.2. The van der Waals surface area contributed by atoms with Crippen LogP contribution in [-0.2, 0) is 28.6 Å². The lowest BCUT2D eigenvalue weighted by atomic mass is 10.0. The highest BCUT2D eigenvalue weighted by Crippen LogP contribution is 2.17. The van der Waals surface area contributed by atoms with E-state index in [2.05, 4.69) is 62.5 Å². The minimum absolute atomic E-state index is 0.0345. The molecule has 0 amide bonds. The second-order valence-electron chi connectivity index (χ2n) is 20.2. The van der Waals surface area contributed by atoms with Gasteiger partial charge in [-0.2, -0.15) is 0 Å². The Balaban J connectivity index is 4.21. The Morgan fingerprint density at radius 2 is 0.791 bits per heavy atom. The number of aliphatic carboxylic acids is 1. The predicted molar refractivity (Wildman–Crippen MR) is 282 cm³/mol. The molecule has 0 rings (SSSR count). The number of rotatable bonds is 51. The third-order valence-electron chi connectivity index (χ3n) is 12.7. The molecule has 0 aliphatic carbocycles. The van der Waals surface area contributed by atoms with Crippen LogP contribution in [0.4, 0.5) is 0 Å². The molecule has 0 aromatic rings. The van der Waals surface area contributed by atoms with E-state index >= 15 is 0 Å². The number of hydrogen-bond donors (Lipinski definition) is 0. The molecule has 0 radical (unpaired) electrons. The monoisotopic (exact) mass is 942 g/mol. The number of likely N-dealkylation sites (N-methyl/N-ethyl adjacent to an activating group) is 1. The van der Waals surface area contributed by atoms with Crippen LogP contribution >= 0.6 is 0 Å². The first kappa shape index (κ1) is 64.3. The fraction of sp³-hybridized carbons (Fsp3) is 0.814. The van der Waals surface area contributed by atoms with E-state index in [4.69, 9.17) is 14.2 Å². The number of carbonyl (C=O) groups excluding carboxylic acids is 3. The number of nitrogens with zero attached hydrogens (tertiary/aromatic N) is 1. The molecule has 0 aromatic carbocycles. The van der Waals surface area contributed by atoms with Crippen molar-refractivity contribution in [2.45, 2.75) is 270 Å². The fourth-order valence-corrected chi connectivity index (χ4v) is 8.35. The van der Waals surface area contributed by atoms with Crippen LogP contribution in [0.2, 0.25) is 0 Å². The number of carboxylic acids is 1. The molecular weight excluding hydrogens is 835 g/mol. The average molecular weight is 943 g/mol. The number of carbonyl (C=O) groups is 3. The number of quaternary nitrogens is 1. The van der Waals surface area contributed by atoms with Gasteiger partial charge in [-0.3, -0.25) is 9.59 Å². The Morgan fingerprint density at radius 1 is 0.448 bits per heavy atom. The van der Waals surface area contributed by atoms with E-state index < -0.39 is 18.1 Å². The summed E-state index contributed by atoms with van der Waals surface area (Å²) in [6, 6.07) is -0.731. The summed E-state index contributed by atoms with van der Waals surface area (Å²) in [6.45, 7) is 4.65. The molecular formula is C59H107NO7. The van der Waals surface area contributed by atoms with Gasteiger partial charge in [-0.15, -0.1) is 0 Å². The van der Waals surface area contributed by atoms with Crippen LogP contribution in [0.25, 0.3) is 0 Å². The van der Waals surface area contributed by atoms with Gasteiger partial charge in [0.2, 0.25) is 0 Å². The van der Waals surface area contributed by atoms with Crippen molar-refractivity contribution in [3.05, 3.63) is 48.6 Å². The van der Waals surface area contributed by atoms with Crippen LogP contribution in [0.15, 0.2) is 48.6 Å². The van der Waals surface area contributed by atoms with Gasteiger partial charge in [0.1, 0.15) is 12.6 Å². The summed E-state index contributed by atoms with van der Waals surface area (Å²) >= 11 is 0. The van der Waals surface area contributed by atoms with Gasteiger partial charge in [-0.05, 0) is 57.8 Å². The van der Waals surface area contributed by atoms with Gasteiger partial charge in [0.05, 0.1) is 40.3 Å². The summed E-state index contributed by atoms with van der Waals surface area (Å²) in [7, 11) is 5.42. The van der Waals surface area contributed by atoms with Gasteiger partial charge in [-0.25, -0.2) is 0 Å². The molecule has 0 saturated heterocycles. The van der Waals surface area contributed by atoms with Gasteiger partial charge < -0.3 is 28.6 Å². The molecule has 8 nitrogen and oxygen atoms in total. The summed E-state index contributed by atoms with van der Waals surface area (Å²) in [6.07, 6.45) is 61.5. The number of carboxylic acid groups (broad SMARTS) is 1. The maximum Gasteiger partial charge on any atom is 0.306 e. The van der Waals surface area contributed by atoms with Crippen LogP contribution in [-0.4, -0.2) is 75.5 Å². The summed E-state index contributed by atoms with van der Waals surface area (Å²) in [4.78, 5) is 37.1. The van der Waals surface area contributed by atoms with Crippen LogP contribution in [0, 0.1) is 0 Å². The van der Waals surface area contributed by atoms with Crippen LogP contribution < -0.4 is 5.11 Å². The number of hydrogen-bond acceptors (Lipinski definition) is 7. The zero-order valence-electron chi connectivity index (χ0n) is 44.6. The molecule has 0 saturated carbocycles. The third kappa shape index (κ3) is 48.1. The van der Waals surface area contributed by atoms with Gasteiger partial charge in [-0.1, -0.05) is 229 Å². The highest BCUT2D eigenvalue weighted by molar-refractivity contribution is 5.70. The topological polar surface area (TPSA) is 102 Å². The molecule has 0 aliphatic heterocycles. The van der Waals surface area contributed by atoms with Crippen molar-refractivity contribution < 1.29 is 38.2 Å². The van der Waals surface area contributed by atoms with E-state index in [1.807, 2.05) is 0 Å². The first-order valence-corrected chi connectivity index (χ1v) is 28.2. The molecule has 0 aromatic heterocycles. The highest BCUT2D eigenvalue weighted by atomic mass is 16.6. The molecule has 0 aliphatic rings. The lowest BCUT2D eigenvalue weighted by Gasteiger charge is -2.34. The lowest BCUT2D eigenvalue weighted by Crippen LogP contribution is -2.55. The lowest BCUT2D eigenvalue weighted by molar-refractivity contribution is -0.889. The van der Waals surface area contributed by atoms with Gasteiger partial charge >= 0.3 is 11.9 Å². The Morgan fingerprint density at radius 3 is 1.19 bits per heavy atom. The van der Waals surface area contributed by atoms with E-state index in [0.29, 0.717) is 12.8 Å². The molecule has 390 valence electrons. The first-order chi connectivity index (χ1) is 32.6. The summed E-state index contributed by atoms with van der Waals surface area (Å²) in [5, 5.41) is 11.7. The van der Waals surface area contributed by atoms with Crippen molar-refractivity contribution in [2.75, 3.05) is 41.0 Å². The van der Waals surface area contributed by atoms with Crippen LogP contribution in [0.1, 0.15) is 258 Å². The number of ether oxygens (including phenoxy) is 3. The average Bonchev–Trinajstić information content (AvgIpc) is 3.29. The largest absolute Gasteiger partial charge is 0.544 e. The normalized spacial score (nSPS) is 13.1. The fourth-order valence-electron chi connectivity index (χ4n) is 8.35. The van der Waals surface area contributed by atoms with Crippen LogP contribution in [0.5, 0.6) is 0 Å². The van der Waals surface area contributed by atoms with Crippen molar-refractivity contribution in [2.24, 2.45) is 0 Å². The van der Waals surface area contributed by atoms with Crippen LogP contribution in [0.3, 0.4) is 0 Å². The summed E-state index contributed by atoms with van der Waals surface area (Å²) < 4.78 is 17.3. The second-order valence-corrected chi connectivity index (χ2v) is 20.2. The molecule has 0 bridgehead atoms. The molecule has 0 N–H and O–H groups in total. The van der Waals surface area contributed by atoms with E-state index in [9.17, 15) is 19.5 Å². The zero-order valence-corrected chi connectivity index (χ0v) is 44.6. The molecule has 8 heteroatoms. The van der Waals surface area contributed by atoms with Crippen molar-refractivity contribution in [1.82, 2.24) is 0 Å². The van der Waals surface area contributed by atoms with E-state index in [-0.39, 0.29) is 42.7 Å². The van der Waals surface area contributed by atoms with Gasteiger partial charge in [0, 0.05) is 19.3 Å². The Labute approximate surface area is 414 Å². The third-order valence-corrected chi connectivity index (χ3v) is 12.7. The maximum absolute atomic E-state index is 12.8. The quantitative estimate of drug-likeness (QED) is 0.0259. The smallest absolute Gasteiger partial charge is 0.306 e. The van der Waals surface area contributed by atoms with E-state index in [1.54, 1.807) is 21.1 Å². The molecule has 0 fully saturated rings. The minimum Gasteiger partial charge on any atom is -0.544 e. The van der Waals surface area contributed by atoms with E-state index in [1.165, 1.54) is 148 Å². The van der Waals surface area contributed by atoms with Gasteiger partial charge in [0.25, 0.3) is 0 Å². The molecule has 0 heterocycles. The standard InChI is InChI=1S/C59H107NO7/c1-6-8-10-12-14-16-18-20-22-24-26-28-30-31-33-35-37-39-41-43-45-47-49-57(61)66-54-55(53-65-52-51-56(59(63)64)60(3,4)5)67-58(62)50-48-46-44-42-40-38-36-34-32-29-27-25-23-21-19-17-15-13-11-9-7-2/h15,17,21,23,27,29,34,36,55-56H,6-14,16,18-20,22,24-26,28,30-33,35,37-54H2,1-5H3/b17-15+,23-21+,29-27+,36-34+. The minimum atomic E-state index is -1.13. The predicted octanol–water partition coefficient (Wildman–Crippen LogP) is 15.4. The zero-order chi connectivity index (χ0) is 49.2.